The van der Waals surface area contributed by atoms with E-state index in [0.717, 1.165) is 29.7 Å². The number of carbonyl (C=O) groups is 2. The van der Waals surface area contributed by atoms with Crippen LogP contribution in [0.5, 0.6) is 0 Å². The minimum Gasteiger partial charge on any atom is -0.321 e. The van der Waals surface area contributed by atoms with E-state index in [4.69, 9.17) is 11.6 Å². The van der Waals surface area contributed by atoms with Crippen molar-refractivity contribution >= 4 is 45.4 Å². The Morgan fingerprint density at radius 1 is 1.03 bits per heavy atom. The van der Waals surface area contributed by atoms with Crippen molar-refractivity contribution in [1.82, 2.24) is 0 Å². The first-order valence-corrected chi connectivity index (χ1v) is 12.1. The molecular formula is C26H26ClFN2O2S. The summed E-state index contributed by atoms with van der Waals surface area (Å²) in [5.74, 6) is -0.605. The van der Waals surface area contributed by atoms with Gasteiger partial charge in [0.25, 0.3) is 11.8 Å². The molecule has 1 aromatic heterocycles. The Balaban J connectivity index is 1.69. The number of rotatable bonds is 4. The molecule has 0 radical (unpaired) electrons. The second-order valence-electron chi connectivity index (χ2n) is 9.41. The van der Waals surface area contributed by atoms with Gasteiger partial charge in [-0.3, -0.25) is 9.59 Å². The van der Waals surface area contributed by atoms with Crippen LogP contribution in [0.3, 0.4) is 0 Å². The van der Waals surface area contributed by atoms with Gasteiger partial charge in [0.05, 0.1) is 16.3 Å². The van der Waals surface area contributed by atoms with Crippen molar-refractivity contribution in [3.05, 3.63) is 80.9 Å². The van der Waals surface area contributed by atoms with Crippen LogP contribution in [0.4, 0.5) is 15.1 Å². The lowest BCUT2D eigenvalue weighted by Gasteiger charge is -2.33. The largest absolute Gasteiger partial charge is 0.321 e. The summed E-state index contributed by atoms with van der Waals surface area (Å²) in [6.45, 7) is 6.70. The SMILES string of the molecule is CC(C)(C)C1CCc2c(sc(NC(=O)c3ccc(F)cc3)c2C(=O)Nc2ccccc2Cl)C1. The van der Waals surface area contributed by atoms with E-state index in [0.29, 0.717) is 32.8 Å². The molecule has 0 saturated heterocycles. The molecule has 2 N–H and O–H groups in total. The molecule has 4 nitrogen and oxygen atoms in total. The van der Waals surface area contributed by atoms with Gasteiger partial charge in [-0.25, -0.2) is 4.39 Å². The highest BCUT2D eigenvalue weighted by molar-refractivity contribution is 7.17. The van der Waals surface area contributed by atoms with Crippen LogP contribution in [-0.4, -0.2) is 11.8 Å². The van der Waals surface area contributed by atoms with Crippen molar-refractivity contribution < 1.29 is 14.0 Å². The molecule has 1 heterocycles. The first-order valence-electron chi connectivity index (χ1n) is 10.9. The zero-order valence-electron chi connectivity index (χ0n) is 18.8. The van der Waals surface area contributed by atoms with Crippen LogP contribution in [-0.2, 0) is 12.8 Å². The average Bonchev–Trinajstić information content (AvgIpc) is 3.12. The van der Waals surface area contributed by atoms with Gasteiger partial charge in [0.15, 0.2) is 0 Å². The quantitative estimate of drug-likeness (QED) is 0.411. The monoisotopic (exact) mass is 484 g/mol. The zero-order valence-corrected chi connectivity index (χ0v) is 20.4. The van der Waals surface area contributed by atoms with Crippen molar-refractivity contribution in [2.45, 2.75) is 40.0 Å². The third-order valence-electron chi connectivity index (χ3n) is 6.17. The Hall–Kier alpha value is -2.70. The highest BCUT2D eigenvalue weighted by Gasteiger charge is 2.34. The van der Waals surface area contributed by atoms with Gasteiger partial charge in [-0.1, -0.05) is 44.5 Å². The smallest absolute Gasteiger partial charge is 0.258 e. The molecule has 1 atom stereocenters. The summed E-state index contributed by atoms with van der Waals surface area (Å²) in [6, 6.07) is 12.4. The number of para-hydroxylation sites is 1. The Kier molecular flexibility index (Phi) is 6.59. The molecular weight excluding hydrogens is 459 g/mol. The van der Waals surface area contributed by atoms with Crippen LogP contribution >= 0.6 is 22.9 Å². The number of benzene rings is 2. The number of thiophene rings is 1. The summed E-state index contributed by atoms with van der Waals surface area (Å²) in [4.78, 5) is 27.4. The van der Waals surface area contributed by atoms with Crippen molar-refractivity contribution in [3.63, 3.8) is 0 Å². The number of anilines is 2. The summed E-state index contributed by atoms with van der Waals surface area (Å²) < 4.78 is 13.3. The predicted molar refractivity (Wildman–Crippen MR) is 133 cm³/mol. The van der Waals surface area contributed by atoms with Gasteiger partial charge in [-0.2, -0.15) is 0 Å². The standard InChI is InChI=1S/C26H26ClFN2O2S/c1-26(2,3)16-10-13-18-21(14-16)33-25(30-23(31)15-8-11-17(28)12-9-15)22(18)24(32)29-20-7-5-4-6-19(20)27/h4-9,11-12,16H,10,13-14H2,1-3H3,(H,29,32)(H,30,31). The number of hydrogen-bond donors (Lipinski definition) is 2. The number of carbonyl (C=O) groups excluding carboxylic acids is 2. The van der Waals surface area contributed by atoms with E-state index in [2.05, 4.69) is 31.4 Å². The van der Waals surface area contributed by atoms with Gasteiger partial charge in [0, 0.05) is 10.4 Å². The maximum Gasteiger partial charge on any atom is 0.258 e. The number of nitrogens with one attached hydrogen (secondary N) is 2. The first-order chi connectivity index (χ1) is 15.6. The lowest BCUT2D eigenvalue weighted by molar-refractivity contribution is 0.102. The zero-order chi connectivity index (χ0) is 23.8. The van der Waals surface area contributed by atoms with Crippen molar-refractivity contribution in [1.29, 1.82) is 0 Å². The fourth-order valence-corrected chi connectivity index (χ4v) is 5.68. The topological polar surface area (TPSA) is 58.2 Å². The molecule has 0 bridgehead atoms. The fraction of sp³-hybridized carbons (Fsp3) is 0.308. The normalized spacial score (nSPS) is 15.6. The van der Waals surface area contributed by atoms with E-state index < -0.39 is 5.82 Å². The average molecular weight is 485 g/mol. The summed E-state index contributed by atoms with van der Waals surface area (Å²) in [7, 11) is 0. The fourth-order valence-electron chi connectivity index (χ4n) is 4.18. The molecule has 0 fully saturated rings. The minimum absolute atomic E-state index is 0.152. The van der Waals surface area contributed by atoms with Gasteiger partial charge >= 0.3 is 0 Å². The molecule has 1 aliphatic rings. The van der Waals surface area contributed by atoms with Crippen LogP contribution in [0.1, 0.15) is 58.3 Å². The molecule has 3 aromatic rings. The number of hydrogen-bond acceptors (Lipinski definition) is 3. The maximum absolute atomic E-state index is 13.4. The summed E-state index contributed by atoms with van der Waals surface area (Å²) in [5.41, 5.74) is 2.47. The van der Waals surface area contributed by atoms with E-state index in [-0.39, 0.29) is 17.2 Å². The second kappa shape index (κ2) is 9.27. The molecule has 0 saturated carbocycles. The maximum atomic E-state index is 13.4. The molecule has 0 spiro atoms. The number of amides is 2. The van der Waals surface area contributed by atoms with Crippen LogP contribution in [0.25, 0.3) is 0 Å². The summed E-state index contributed by atoms with van der Waals surface area (Å²) >= 11 is 7.70. The Bertz CT molecular complexity index is 1200. The second-order valence-corrected chi connectivity index (χ2v) is 10.9. The van der Waals surface area contributed by atoms with Crippen molar-refractivity contribution in [3.8, 4) is 0 Å². The number of halogens is 2. The first kappa shape index (κ1) is 23.5. The van der Waals surface area contributed by atoms with E-state index in [9.17, 15) is 14.0 Å². The Morgan fingerprint density at radius 2 is 1.73 bits per heavy atom. The van der Waals surface area contributed by atoms with Crippen molar-refractivity contribution in [2.24, 2.45) is 11.3 Å². The summed E-state index contributed by atoms with van der Waals surface area (Å²) in [5, 5.41) is 6.75. The predicted octanol–water partition coefficient (Wildman–Crippen LogP) is 7.20. The lowest BCUT2D eigenvalue weighted by atomic mass is 9.72. The summed E-state index contributed by atoms with van der Waals surface area (Å²) in [6.07, 6.45) is 2.61. The van der Waals surface area contributed by atoms with E-state index >= 15 is 0 Å². The molecule has 7 heteroatoms. The van der Waals surface area contributed by atoms with Crippen LogP contribution in [0.2, 0.25) is 5.02 Å². The molecule has 1 unspecified atom stereocenters. The van der Waals surface area contributed by atoms with Crippen LogP contribution in [0, 0.1) is 17.2 Å². The van der Waals surface area contributed by atoms with Gasteiger partial charge in [0.2, 0.25) is 0 Å². The third kappa shape index (κ3) is 5.12. The highest BCUT2D eigenvalue weighted by atomic mass is 35.5. The van der Waals surface area contributed by atoms with E-state index in [1.165, 1.54) is 35.6 Å². The molecule has 172 valence electrons. The molecule has 2 amide bonds. The highest BCUT2D eigenvalue weighted by Crippen LogP contribution is 2.44. The molecule has 33 heavy (non-hydrogen) atoms. The Morgan fingerprint density at radius 3 is 2.39 bits per heavy atom. The van der Waals surface area contributed by atoms with Gasteiger partial charge in [-0.15, -0.1) is 11.3 Å². The molecule has 1 aliphatic carbocycles. The molecule has 2 aromatic carbocycles. The van der Waals surface area contributed by atoms with Crippen LogP contribution < -0.4 is 10.6 Å². The van der Waals surface area contributed by atoms with E-state index in [1.54, 1.807) is 24.3 Å². The molecule has 4 rings (SSSR count). The van der Waals surface area contributed by atoms with Crippen molar-refractivity contribution in [2.75, 3.05) is 10.6 Å². The van der Waals surface area contributed by atoms with Crippen LogP contribution in [0.15, 0.2) is 48.5 Å². The third-order valence-corrected chi connectivity index (χ3v) is 7.67. The Labute approximate surface area is 202 Å². The van der Waals surface area contributed by atoms with Gasteiger partial charge < -0.3 is 10.6 Å². The number of fused-ring (bicyclic) bond motifs is 1. The van der Waals surface area contributed by atoms with Gasteiger partial charge in [0.1, 0.15) is 10.8 Å². The minimum atomic E-state index is -0.411. The van der Waals surface area contributed by atoms with E-state index in [1.807, 2.05) is 0 Å². The molecule has 0 aliphatic heterocycles. The lowest BCUT2D eigenvalue weighted by Crippen LogP contribution is -2.27. The van der Waals surface area contributed by atoms with Gasteiger partial charge in [-0.05, 0) is 72.6 Å².